The van der Waals surface area contributed by atoms with E-state index in [4.69, 9.17) is 49.0 Å². The van der Waals surface area contributed by atoms with Gasteiger partial charge in [0.15, 0.2) is 17.1 Å². The van der Waals surface area contributed by atoms with E-state index in [0.717, 1.165) is 84.8 Å². The van der Waals surface area contributed by atoms with E-state index in [1.54, 1.807) is 13.2 Å². The smallest absolute Gasteiger partial charge is 0.370 e. The van der Waals surface area contributed by atoms with E-state index in [9.17, 15) is 17.4 Å². The standard InChI is InChI=1S/C54H60F3N13O4S/c1-27-20-68(23-43(72-27)35-19-59-70(22-35)37-11-12-37)51-63-45(39-16-38(28(2)60-48(39)66-51)50-62-30(4)67-74-50)32-8-6-7-31(13-32)41-14-33(15-42(73-41)34-18-58-69(21-34)36-9-10-36)47-64-46(52-24-53(25-52,26-52)54(55,56)57)40-17-44(75(5)71)29(3)61-49(40)65-47/h16-19,21-22,27,31-33,36-37,41-43H,6-15,20,23-26H2,1-5H3/t27-,31?,32?,33+,41?,42-,43-,52?,53?,75?/m1/s1. The van der Waals surface area contributed by atoms with Crippen LogP contribution >= 0.6 is 0 Å². The molecule has 17 nitrogen and oxygen atoms in total. The summed E-state index contributed by atoms with van der Waals surface area (Å²) in [6, 6.07) is 4.73. The van der Waals surface area contributed by atoms with Gasteiger partial charge in [0.1, 0.15) is 11.9 Å². The van der Waals surface area contributed by atoms with Crippen LogP contribution in [0.2, 0.25) is 0 Å². The lowest BCUT2D eigenvalue weighted by atomic mass is 9.33. The summed E-state index contributed by atoms with van der Waals surface area (Å²) in [5.41, 5.74) is 4.21. The number of fused-ring (bicyclic) bond motifs is 2. The minimum absolute atomic E-state index is 0.0140. The number of hydrogen-bond acceptors (Lipinski definition) is 15. The largest absolute Gasteiger partial charge is 0.394 e. The summed E-state index contributed by atoms with van der Waals surface area (Å²) in [5, 5.41) is 15.0. The predicted molar refractivity (Wildman–Crippen MR) is 269 cm³/mol. The quantitative estimate of drug-likeness (QED) is 0.119. The molecule has 6 saturated carbocycles. The average Bonchev–Trinajstić information content (AvgIpc) is 4.29. The molecule has 9 heterocycles. The Balaban J connectivity index is 0.828. The van der Waals surface area contributed by atoms with E-state index in [0.29, 0.717) is 94.5 Å². The van der Waals surface area contributed by atoms with Crippen LogP contribution < -0.4 is 4.90 Å². The molecule has 0 radical (unpaired) electrons. The minimum Gasteiger partial charge on any atom is -0.370 e. The van der Waals surface area contributed by atoms with Gasteiger partial charge < -0.3 is 18.9 Å². The van der Waals surface area contributed by atoms with E-state index in [1.807, 2.05) is 32.3 Å². The molecule has 2 aliphatic heterocycles. The van der Waals surface area contributed by atoms with Crippen LogP contribution in [0.5, 0.6) is 0 Å². The molecule has 75 heavy (non-hydrogen) atoms. The molecule has 8 fully saturated rings. The van der Waals surface area contributed by atoms with Gasteiger partial charge in [-0.05, 0) is 123 Å². The minimum atomic E-state index is -4.29. The summed E-state index contributed by atoms with van der Waals surface area (Å²) in [4.78, 5) is 38.7. The van der Waals surface area contributed by atoms with Crippen molar-refractivity contribution < 1.29 is 31.4 Å². The number of aryl methyl sites for hydroxylation is 3. The molecule has 0 N–H and O–H groups in total. The summed E-state index contributed by atoms with van der Waals surface area (Å²) in [5.74, 6) is 2.04. The van der Waals surface area contributed by atoms with Gasteiger partial charge in [-0.25, -0.2) is 24.9 Å². The third-order valence-electron chi connectivity index (χ3n) is 17.7. The van der Waals surface area contributed by atoms with Crippen molar-refractivity contribution in [3.8, 4) is 11.5 Å². The van der Waals surface area contributed by atoms with Crippen molar-refractivity contribution in [2.24, 2.45) is 11.3 Å². The number of anilines is 1. The van der Waals surface area contributed by atoms with Crippen LogP contribution in [-0.2, 0) is 25.7 Å². The van der Waals surface area contributed by atoms with E-state index in [1.165, 1.54) is 0 Å². The number of hydrogen-bond donors (Lipinski definition) is 0. The molecule has 21 heteroatoms. The van der Waals surface area contributed by atoms with Crippen molar-refractivity contribution in [2.45, 2.75) is 176 Å². The lowest BCUT2D eigenvalue weighted by Gasteiger charge is -2.70. The van der Waals surface area contributed by atoms with Crippen LogP contribution in [0.3, 0.4) is 0 Å². The maximum atomic E-state index is 14.4. The second-order valence-electron chi connectivity index (χ2n) is 23.2. The Hall–Kier alpha value is -5.80. The summed E-state index contributed by atoms with van der Waals surface area (Å²) in [6.07, 6.45) is 13.7. The van der Waals surface area contributed by atoms with Crippen LogP contribution in [0.4, 0.5) is 19.1 Å². The molecule has 2 saturated heterocycles. The Morgan fingerprint density at radius 1 is 0.733 bits per heavy atom. The highest BCUT2D eigenvalue weighted by atomic mass is 32.2. The molecular weight excluding hydrogens is 984 g/mol. The fourth-order valence-corrected chi connectivity index (χ4v) is 14.2. The van der Waals surface area contributed by atoms with Crippen LogP contribution in [0, 0.1) is 32.1 Å². The van der Waals surface area contributed by atoms with Crippen LogP contribution in [0.1, 0.15) is 172 Å². The second-order valence-corrected chi connectivity index (χ2v) is 24.6. The van der Waals surface area contributed by atoms with E-state index in [-0.39, 0.29) is 61.4 Å². The lowest BCUT2D eigenvalue weighted by Crippen LogP contribution is -2.70. The maximum Gasteiger partial charge on any atom is 0.394 e. The molecule has 7 aromatic heterocycles. The first-order valence-electron chi connectivity index (χ1n) is 26.8. The highest BCUT2D eigenvalue weighted by molar-refractivity contribution is 7.84. The molecule has 0 amide bonds. The molecule has 392 valence electrons. The monoisotopic (exact) mass is 1040 g/mol. The van der Waals surface area contributed by atoms with Gasteiger partial charge >= 0.3 is 6.18 Å². The average molecular weight is 1040 g/mol. The number of morpholine rings is 1. The molecular formula is C54H60F3N13O4S. The molecule has 0 aromatic carbocycles. The Morgan fingerprint density at radius 3 is 2.12 bits per heavy atom. The number of pyridine rings is 2. The Labute approximate surface area is 433 Å². The van der Waals surface area contributed by atoms with Gasteiger partial charge in [0.05, 0.1) is 98.8 Å². The first kappa shape index (κ1) is 47.6. The summed E-state index contributed by atoms with van der Waals surface area (Å²) >= 11 is 0. The first-order valence-corrected chi connectivity index (χ1v) is 28.4. The molecule has 2 bridgehead atoms. The number of aromatic nitrogens is 12. The summed E-state index contributed by atoms with van der Waals surface area (Å²) in [7, 11) is -1.37. The van der Waals surface area contributed by atoms with Crippen LogP contribution in [0.15, 0.2) is 46.3 Å². The third kappa shape index (κ3) is 8.26. The fourth-order valence-electron chi connectivity index (χ4n) is 13.5. The molecule has 8 atom stereocenters. The maximum absolute atomic E-state index is 14.4. The third-order valence-corrected chi connectivity index (χ3v) is 18.7. The topological polar surface area (TPSA) is 191 Å². The van der Waals surface area contributed by atoms with Crippen molar-refractivity contribution in [2.75, 3.05) is 24.2 Å². The molecule has 4 unspecified atom stereocenters. The van der Waals surface area contributed by atoms with Crippen LogP contribution in [0.25, 0.3) is 33.5 Å². The zero-order valence-corrected chi connectivity index (χ0v) is 43.6. The van der Waals surface area contributed by atoms with Gasteiger partial charge in [-0.15, -0.1) is 0 Å². The fraction of sp³-hybridized carbons (Fsp3) is 0.593. The number of nitrogens with zero attached hydrogens (tertiary/aromatic N) is 13. The van der Waals surface area contributed by atoms with E-state index in [2.05, 4.69) is 54.9 Å². The zero-order chi connectivity index (χ0) is 51.3. The highest BCUT2D eigenvalue weighted by Gasteiger charge is 2.79. The van der Waals surface area contributed by atoms with E-state index >= 15 is 0 Å². The Kier molecular flexibility index (Phi) is 11.0. The molecule has 0 spiro atoms. The van der Waals surface area contributed by atoms with Crippen molar-refractivity contribution in [3.05, 3.63) is 82.5 Å². The molecule has 7 aromatic rings. The van der Waals surface area contributed by atoms with Crippen molar-refractivity contribution in [3.63, 3.8) is 0 Å². The normalized spacial score (nSPS) is 30.4. The van der Waals surface area contributed by atoms with Gasteiger partial charge in [0, 0.05) is 64.3 Å². The van der Waals surface area contributed by atoms with Crippen LogP contribution in [-0.4, -0.2) is 102 Å². The van der Waals surface area contributed by atoms with Gasteiger partial charge in [-0.1, -0.05) is 11.6 Å². The summed E-state index contributed by atoms with van der Waals surface area (Å²) in [6.45, 7) is 8.81. The number of halogens is 3. The SMILES string of the molecule is Cc1noc(-c2cc3c(C4CCCC(C5C[C@H](c6nc(C78CC(C(F)(F)F)(C7)C8)c7cc(S(C)=O)c(C)nc7n6)C[C@H](c6cnn(C7CC7)c6)O5)C4)nc(N4C[C@@H](C)O[C@@H](c5cnn(C6CC6)c5)C4)nc3nc2C)n1. The van der Waals surface area contributed by atoms with Gasteiger partial charge in [-0.2, -0.15) is 33.3 Å². The number of ether oxygens (including phenoxy) is 2. The lowest BCUT2D eigenvalue weighted by molar-refractivity contribution is -0.337. The Bertz CT molecular complexity index is 3420. The molecule has 8 aliphatic rings. The van der Waals surface area contributed by atoms with Crippen molar-refractivity contribution in [1.29, 1.82) is 0 Å². The second kappa shape index (κ2) is 17.4. The zero-order valence-electron chi connectivity index (χ0n) is 42.8. The number of rotatable bonds is 11. The highest BCUT2D eigenvalue weighted by Crippen LogP contribution is 2.78. The number of alkyl halides is 3. The van der Waals surface area contributed by atoms with Crippen molar-refractivity contribution >= 4 is 38.8 Å². The first-order chi connectivity index (χ1) is 36.1. The predicted octanol–water partition coefficient (Wildman–Crippen LogP) is 10.1. The van der Waals surface area contributed by atoms with Crippen molar-refractivity contribution in [1.82, 2.24) is 59.6 Å². The van der Waals surface area contributed by atoms with Gasteiger partial charge in [-0.3, -0.25) is 13.6 Å². The Morgan fingerprint density at radius 2 is 1.44 bits per heavy atom. The van der Waals surface area contributed by atoms with Gasteiger partial charge in [0.2, 0.25) is 5.95 Å². The summed E-state index contributed by atoms with van der Waals surface area (Å²) < 4.78 is 79.8. The molecule has 15 rings (SSSR count). The van der Waals surface area contributed by atoms with Gasteiger partial charge in [0.25, 0.3) is 5.89 Å². The molecule has 6 aliphatic carbocycles. The van der Waals surface area contributed by atoms with E-state index < -0.39 is 27.8 Å².